The van der Waals surface area contributed by atoms with Gasteiger partial charge in [-0.1, -0.05) is 47.5 Å². The maximum absolute atomic E-state index is 6.44. The highest BCUT2D eigenvalue weighted by atomic mass is 35.5. The Labute approximate surface area is 128 Å². The first-order chi connectivity index (χ1) is 9.11. The van der Waals surface area contributed by atoms with Gasteiger partial charge in [-0.3, -0.25) is 0 Å². The molecule has 0 saturated heterocycles. The molecule has 1 atom stereocenters. The summed E-state index contributed by atoms with van der Waals surface area (Å²) < 4.78 is 5.32. The van der Waals surface area contributed by atoms with Gasteiger partial charge in [0.1, 0.15) is 5.75 Å². The monoisotopic (exact) mass is 314 g/mol. The van der Waals surface area contributed by atoms with Gasteiger partial charge in [-0.05, 0) is 35.7 Å². The fourth-order valence-electron chi connectivity index (χ4n) is 1.93. The van der Waals surface area contributed by atoms with Gasteiger partial charge in [-0.25, -0.2) is 0 Å². The third kappa shape index (κ3) is 3.56. The molecule has 0 amide bonds. The van der Waals surface area contributed by atoms with Crippen molar-refractivity contribution >= 4 is 34.8 Å². The molecule has 4 heteroatoms. The first-order valence-electron chi connectivity index (χ1n) is 5.82. The predicted molar refractivity (Wildman–Crippen MR) is 81.8 cm³/mol. The van der Waals surface area contributed by atoms with Crippen LogP contribution in [0, 0.1) is 0 Å². The summed E-state index contributed by atoms with van der Waals surface area (Å²) in [6.45, 7) is 0. The van der Waals surface area contributed by atoms with Crippen LogP contribution in [0.5, 0.6) is 5.75 Å². The van der Waals surface area contributed by atoms with Gasteiger partial charge in [0, 0.05) is 10.0 Å². The minimum absolute atomic E-state index is 0.221. The van der Waals surface area contributed by atoms with E-state index in [4.69, 9.17) is 39.5 Å². The summed E-state index contributed by atoms with van der Waals surface area (Å²) >= 11 is 18.5. The Bertz CT molecular complexity index is 569. The Morgan fingerprint density at radius 1 is 1.11 bits per heavy atom. The van der Waals surface area contributed by atoms with Gasteiger partial charge in [0.25, 0.3) is 0 Å². The molecule has 2 rings (SSSR count). The van der Waals surface area contributed by atoms with Gasteiger partial charge in [0.2, 0.25) is 0 Å². The summed E-state index contributed by atoms with van der Waals surface area (Å²) in [5.41, 5.74) is 1.93. The molecule has 0 radical (unpaired) electrons. The van der Waals surface area contributed by atoms with Crippen molar-refractivity contribution in [3.63, 3.8) is 0 Å². The Morgan fingerprint density at radius 2 is 1.84 bits per heavy atom. The van der Waals surface area contributed by atoms with Crippen molar-refractivity contribution in [1.82, 2.24) is 0 Å². The van der Waals surface area contributed by atoms with Gasteiger partial charge >= 0.3 is 0 Å². The minimum atomic E-state index is -0.221. The van der Waals surface area contributed by atoms with E-state index >= 15 is 0 Å². The number of benzene rings is 2. The molecule has 0 spiro atoms. The molecule has 2 aromatic rings. The van der Waals surface area contributed by atoms with Crippen molar-refractivity contribution in [2.24, 2.45) is 0 Å². The van der Waals surface area contributed by atoms with Crippen LogP contribution in [0.3, 0.4) is 0 Å². The third-order valence-corrected chi connectivity index (χ3v) is 3.84. The summed E-state index contributed by atoms with van der Waals surface area (Å²) in [4.78, 5) is 0. The highest BCUT2D eigenvalue weighted by molar-refractivity contribution is 6.35. The summed E-state index contributed by atoms with van der Waals surface area (Å²) in [5, 5.41) is 0.971. The topological polar surface area (TPSA) is 9.23 Å². The number of para-hydroxylation sites is 1. The van der Waals surface area contributed by atoms with E-state index in [2.05, 4.69) is 0 Å². The lowest BCUT2D eigenvalue weighted by atomic mass is 10.0. The number of alkyl halides is 1. The van der Waals surface area contributed by atoms with Gasteiger partial charge in [-0.2, -0.15) is 0 Å². The van der Waals surface area contributed by atoms with Crippen LogP contribution in [0.25, 0.3) is 0 Å². The average molecular weight is 316 g/mol. The molecule has 0 fully saturated rings. The zero-order valence-corrected chi connectivity index (χ0v) is 12.6. The van der Waals surface area contributed by atoms with Gasteiger partial charge in [0.15, 0.2) is 0 Å². The van der Waals surface area contributed by atoms with E-state index < -0.39 is 0 Å². The van der Waals surface area contributed by atoms with E-state index in [9.17, 15) is 0 Å². The van der Waals surface area contributed by atoms with E-state index in [0.717, 1.165) is 16.9 Å². The normalized spacial score (nSPS) is 12.2. The van der Waals surface area contributed by atoms with E-state index in [-0.39, 0.29) is 5.38 Å². The van der Waals surface area contributed by atoms with E-state index in [1.165, 1.54) is 0 Å². The van der Waals surface area contributed by atoms with Crippen LogP contribution in [0.15, 0.2) is 42.5 Å². The molecule has 0 aliphatic rings. The molecule has 0 aliphatic carbocycles. The number of halogens is 3. The molecule has 0 aliphatic heterocycles. The quantitative estimate of drug-likeness (QED) is 0.675. The van der Waals surface area contributed by atoms with Crippen LogP contribution >= 0.6 is 34.8 Å². The Kier molecular flexibility index (Phi) is 4.98. The summed E-state index contributed by atoms with van der Waals surface area (Å²) in [6.07, 6.45) is 0.646. The second-order valence-electron chi connectivity index (χ2n) is 4.15. The summed E-state index contributed by atoms with van der Waals surface area (Å²) in [5.74, 6) is 0.832. The van der Waals surface area contributed by atoms with Gasteiger partial charge < -0.3 is 4.74 Å². The fraction of sp³-hybridized carbons (Fsp3) is 0.200. The minimum Gasteiger partial charge on any atom is -0.496 e. The van der Waals surface area contributed by atoms with E-state index in [1.807, 2.05) is 30.3 Å². The van der Waals surface area contributed by atoms with Gasteiger partial charge in [0.05, 0.1) is 12.5 Å². The van der Waals surface area contributed by atoms with Gasteiger partial charge in [-0.15, -0.1) is 11.6 Å². The van der Waals surface area contributed by atoms with Crippen LogP contribution in [0.4, 0.5) is 0 Å². The number of hydrogen-bond donors (Lipinski definition) is 0. The second-order valence-corrected chi connectivity index (χ2v) is 5.52. The van der Waals surface area contributed by atoms with Crippen molar-refractivity contribution in [3.05, 3.63) is 63.6 Å². The molecular formula is C15H13Cl3O. The average Bonchev–Trinajstić information content (AvgIpc) is 2.39. The van der Waals surface area contributed by atoms with Crippen LogP contribution < -0.4 is 4.74 Å². The van der Waals surface area contributed by atoms with Crippen LogP contribution in [-0.2, 0) is 6.42 Å². The van der Waals surface area contributed by atoms with Crippen molar-refractivity contribution in [1.29, 1.82) is 0 Å². The molecule has 0 N–H and O–H groups in total. The standard InChI is InChI=1S/C15H13Cl3O/c1-19-15-5-3-2-4-10(15)8-13(17)12-7-6-11(16)9-14(12)18/h2-7,9,13H,8H2,1H3. The molecule has 0 saturated carbocycles. The second kappa shape index (κ2) is 6.51. The molecule has 0 aromatic heterocycles. The number of rotatable bonds is 4. The van der Waals surface area contributed by atoms with Crippen LogP contribution in [0.2, 0.25) is 10.0 Å². The summed E-state index contributed by atoms with van der Waals surface area (Å²) in [7, 11) is 1.65. The smallest absolute Gasteiger partial charge is 0.122 e. The Balaban J connectivity index is 2.23. The predicted octanol–water partition coefficient (Wildman–Crippen LogP) is 5.52. The molecular weight excluding hydrogens is 303 g/mol. The summed E-state index contributed by atoms with van der Waals surface area (Å²) in [6, 6.07) is 13.2. The van der Waals surface area contributed by atoms with E-state index in [0.29, 0.717) is 16.5 Å². The molecule has 0 bridgehead atoms. The van der Waals surface area contributed by atoms with Crippen molar-refractivity contribution in [2.75, 3.05) is 7.11 Å². The molecule has 1 nitrogen and oxygen atoms in total. The molecule has 1 unspecified atom stereocenters. The number of ether oxygens (including phenoxy) is 1. The Hall–Kier alpha value is -0.890. The first-order valence-corrected chi connectivity index (χ1v) is 7.02. The maximum atomic E-state index is 6.44. The number of methoxy groups -OCH3 is 1. The first kappa shape index (κ1) is 14.5. The highest BCUT2D eigenvalue weighted by Gasteiger charge is 2.15. The van der Waals surface area contributed by atoms with Crippen molar-refractivity contribution in [2.45, 2.75) is 11.8 Å². The largest absolute Gasteiger partial charge is 0.496 e. The lowest BCUT2D eigenvalue weighted by molar-refractivity contribution is 0.409. The SMILES string of the molecule is COc1ccccc1CC(Cl)c1ccc(Cl)cc1Cl. The zero-order chi connectivity index (χ0) is 13.8. The molecule has 19 heavy (non-hydrogen) atoms. The fourth-order valence-corrected chi connectivity index (χ4v) is 2.88. The van der Waals surface area contributed by atoms with E-state index in [1.54, 1.807) is 19.2 Å². The van der Waals surface area contributed by atoms with Crippen molar-refractivity contribution in [3.8, 4) is 5.75 Å². The lowest BCUT2D eigenvalue weighted by Crippen LogP contribution is -1.99. The highest BCUT2D eigenvalue weighted by Crippen LogP contribution is 2.34. The number of hydrogen-bond acceptors (Lipinski definition) is 1. The molecule has 100 valence electrons. The third-order valence-electron chi connectivity index (χ3n) is 2.89. The zero-order valence-electron chi connectivity index (χ0n) is 10.4. The van der Waals surface area contributed by atoms with Crippen LogP contribution in [-0.4, -0.2) is 7.11 Å². The van der Waals surface area contributed by atoms with Crippen LogP contribution in [0.1, 0.15) is 16.5 Å². The Morgan fingerprint density at radius 3 is 2.53 bits per heavy atom. The maximum Gasteiger partial charge on any atom is 0.122 e. The lowest BCUT2D eigenvalue weighted by Gasteiger charge is -2.14. The van der Waals surface area contributed by atoms with Crippen molar-refractivity contribution < 1.29 is 4.74 Å². The molecule has 2 aromatic carbocycles. The molecule has 0 heterocycles.